The van der Waals surface area contributed by atoms with Crippen LogP contribution in [-0.2, 0) is 4.79 Å². The average Bonchev–Trinajstić information content (AvgIpc) is 2.75. The molecular weight excluding hydrogens is 262 g/mol. The molecule has 2 amide bonds. The number of likely N-dealkylation sites (tertiary alicyclic amines) is 2. The second-order valence-electron chi connectivity index (χ2n) is 5.98. The van der Waals surface area contributed by atoms with Crippen LogP contribution in [0.2, 0.25) is 0 Å². The number of carbonyl (C=O) groups is 2. The molecule has 7 heteroatoms. The highest BCUT2D eigenvalue weighted by atomic mass is 16.4. The van der Waals surface area contributed by atoms with E-state index in [1.807, 2.05) is 7.05 Å². The van der Waals surface area contributed by atoms with E-state index in [0.29, 0.717) is 5.92 Å². The number of aliphatic hydroxyl groups is 1. The van der Waals surface area contributed by atoms with Crippen molar-refractivity contribution < 1.29 is 19.8 Å². The summed E-state index contributed by atoms with van der Waals surface area (Å²) in [6, 6.07) is -1.24. The summed E-state index contributed by atoms with van der Waals surface area (Å²) in [6.45, 7) is 3.99. The lowest BCUT2D eigenvalue weighted by atomic mass is 9.94. The molecule has 0 aromatic heterocycles. The number of hydrogen-bond acceptors (Lipinski definition) is 4. The highest BCUT2D eigenvalue weighted by Gasteiger charge is 2.40. The number of amides is 2. The Bertz CT molecular complexity index is 390. The Labute approximate surface area is 118 Å². The topological polar surface area (TPSA) is 93.1 Å². The van der Waals surface area contributed by atoms with Gasteiger partial charge in [-0.15, -0.1) is 0 Å². The van der Waals surface area contributed by atoms with E-state index in [-0.39, 0.29) is 25.0 Å². The first-order valence-corrected chi connectivity index (χ1v) is 7.05. The summed E-state index contributed by atoms with van der Waals surface area (Å²) < 4.78 is 0. The Hall–Kier alpha value is -1.34. The van der Waals surface area contributed by atoms with Crippen LogP contribution in [0.25, 0.3) is 0 Å². The third kappa shape index (κ3) is 3.21. The van der Waals surface area contributed by atoms with Crippen molar-refractivity contribution in [3.63, 3.8) is 0 Å². The van der Waals surface area contributed by atoms with E-state index in [1.54, 1.807) is 0 Å². The molecule has 0 bridgehead atoms. The first-order valence-electron chi connectivity index (χ1n) is 7.05. The summed E-state index contributed by atoms with van der Waals surface area (Å²) in [7, 11) is 2.05. The van der Waals surface area contributed by atoms with Crippen molar-refractivity contribution in [3.05, 3.63) is 0 Å². The van der Waals surface area contributed by atoms with E-state index in [9.17, 15) is 14.7 Å². The van der Waals surface area contributed by atoms with Crippen LogP contribution in [0, 0.1) is 5.92 Å². The largest absolute Gasteiger partial charge is 0.480 e. The summed E-state index contributed by atoms with van der Waals surface area (Å²) in [5.74, 6) is -0.735. The van der Waals surface area contributed by atoms with Gasteiger partial charge in [0.2, 0.25) is 0 Å². The van der Waals surface area contributed by atoms with Gasteiger partial charge in [-0.3, -0.25) is 0 Å². The van der Waals surface area contributed by atoms with Crippen LogP contribution in [-0.4, -0.2) is 76.9 Å². The molecule has 2 fully saturated rings. The molecule has 3 N–H and O–H groups in total. The molecule has 0 saturated carbocycles. The van der Waals surface area contributed by atoms with Gasteiger partial charge in [-0.05, 0) is 25.9 Å². The molecule has 2 aliphatic rings. The number of piperidine rings is 1. The first kappa shape index (κ1) is 15.1. The van der Waals surface area contributed by atoms with E-state index >= 15 is 0 Å². The number of carboxylic acid groups (broad SMARTS) is 1. The van der Waals surface area contributed by atoms with Gasteiger partial charge in [-0.25, -0.2) is 9.59 Å². The molecule has 2 unspecified atom stereocenters. The molecule has 2 saturated heterocycles. The van der Waals surface area contributed by atoms with Gasteiger partial charge in [0.15, 0.2) is 0 Å². The Morgan fingerprint density at radius 3 is 2.60 bits per heavy atom. The van der Waals surface area contributed by atoms with E-state index in [1.165, 1.54) is 4.90 Å². The predicted molar refractivity (Wildman–Crippen MR) is 72.4 cm³/mol. The van der Waals surface area contributed by atoms with Crippen LogP contribution in [0.5, 0.6) is 0 Å². The number of hydrogen-bond donors (Lipinski definition) is 3. The normalized spacial score (nSPS) is 35.0. The van der Waals surface area contributed by atoms with Gasteiger partial charge < -0.3 is 25.3 Å². The lowest BCUT2D eigenvalue weighted by Gasteiger charge is -2.36. The zero-order valence-corrected chi connectivity index (χ0v) is 12.0. The van der Waals surface area contributed by atoms with Crippen LogP contribution >= 0.6 is 0 Å². The molecular formula is C13H23N3O4. The zero-order chi connectivity index (χ0) is 14.9. The van der Waals surface area contributed by atoms with E-state index in [2.05, 4.69) is 17.1 Å². The highest BCUT2D eigenvalue weighted by molar-refractivity contribution is 5.83. The molecule has 0 aromatic carbocycles. The lowest BCUT2D eigenvalue weighted by molar-refractivity contribution is -0.141. The van der Waals surface area contributed by atoms with Crippen molar-refractivity contribution in [3.8, 4) is 0 Å². The van der Waals surface area contributed by atoms with Crippen molar-refractivity contribution in [2.24, 2.45) is 5.92 Å². The van der Waals surface area contributed by atoms with Crippen LogP contribution in [0.15, 0.2) is 0 Å². The third-order valence-electron chi connectivity index (χ3n) is 4.24. The summed E-state index contributed by atoms with van der Waals surface area (Å²) in [4.78, 5) is 26.8. The predicted octanol–water partition coefficient (Wildman–Crippen LogP) is -0.444. The molecule has 0 spiro atoms. The fourth-order valence-corrected chi connectivity index (χ4v) is 3.08. The summed E-state index contributed by atoms with van der Waals surface area (Å²) in [6.07, 6.45) is 0.209. The van der Waals surface area contributed by atoms with Gasteiger partial charge in [-0.1, -0.05) is 6.92 Å². The Balaban J connectivity index is 1.95. The monoisotopic (exact) mass is 285 g/mol. The smallest absolute Gasteiger partial charge is 0.326 e. The maximum atomic E-state index is 12.2. The van der Waals surface area contributed by atoms with Gasteiger partial charge in [0.05, 0.1) is 6.10 Å². The molecule has 4 atom stereocenters. The standard InChI is InChI=1S/C13H23N3O4/c1-8-6-15(2)4-3-10(8)14-13(20)16-7-9(17)5-11(16)12(18)19/h8-11,17H,3-7H2,1-2H3,(H,14,20)(H,18,19)/t8?,9-,10?,11-/m1/s1. The Morgan fingerprint density at radius 2 is 2.00 bits per heavy atom. The number of aliphatic hydroxyl groups excluding tert-OH is 1. The van der Waals surface area contributed by atoms with E-state index < -0.39 is 18.1 Å². The van der Waals surface area contributed by atoms with Gasteiger partial charge in [0, 0.05) is 25.6 Å². The van der Waals surface area contributed by atoms with Crippen LogP contribution < -0.4 is 5.32 Å². The van der Waals surface area contributed by atoms with E-state index in [0.717, 1.165) is 19.5 Å². The van der Waals surface area contributed by atoms with Gasteiger partial charge in [0.25, 0.3) is 0 Å². The maximum Gasteiger partial charge on any atom is 0.326 e. The molecule has 0 aromatic rings. The number of rotatable bonds is 2. The third-order valence-corrected chi connectivity index (χ3v) is 4.24. The minimum Gasteiger partial charge on any atom is -0.480 e. The minimum absolute atomic E-state index is 0.0610. The quantitative estimate of drug-likeness (QED) is 0.639. The van der Waals surface area contributed by atoms with Crippen molar-refractivity contribution in [1.82, 2.24) is 15.1 Å². The average molecular weight is 285 g/mol. The van der Waals surface area contributed by atoms with Crippen LogP contribution in [0.3, 0.4) is 0 Å². The number of nitrogens with zero attached hydrogens (tertiary/aromatic N) is 2. The number of carbonyl (C=O) groups excluding carboxylic acids is 1. The fourth-order valence-electron chi connectivity index (χ4n) is 3.08. The van der Waals surface area contributed by atoms with Crippen molar-refractivity contribution in [2.75, 3.05) is 26.7 Å². The fraction of sp³-hybridized carbons (Fsp3) is 0.846. The SMILES string of the molecule is CC1CN(C)CCC1NC(=O)N1C[C@H](O)C[C@@H]1C(=O)O. The molecule has 114 valence electrons. The van der Waals surface area contributed by atoms with Gasteiger partial charge in [-0.2, -0.15) is 0 Å². The first-order chi connectivity index (χ1) is 9.38. The second-order valence-corrected chi connectivity index (χ2v) is 5.98. The molecule has 2 heterocycles. The van der Waals surface area contributed by atoms with Gasteiger partial charge in [0.1, 0.15) is 6.04 Å². The minimum atomic E-state index is -1.06. The molecule has 2 aliphatic heterocycles. The van der Waals surface area contributed by atoms with E-state index in [4.69, 9.17) is 5.11 Å². The van der Waals surface area contributed by atoms with Crippen molar-refractivity contribution >= 4 is 12.0 Å². The molecule has 2 rings (SSSR count). The summed E-state index contributed by atoms with van der Waals surface area (Å²) in [5, 5.41) is 21.6. The molecule has 0 radical (unpaired) electrons. The van der Waals surface area contributed by atoms with Gasteiger partial charge >= 0.3 is 12.0 Å². The summed E-state index contributed by atoms with van der Waals surface area (Å²) in [5.41, 5.74) is 0. The Morgan fingerprint density at radius 1 is 1.30 bits per heavy atom. The lowest BCUT2D eigenvalue weighted by Crippen LogP contribution is -2.54. The molecule has 7 nitrogen and oxygen atoms in total. The number of aliphatic carboxylic acids is 1. The molecule has 0 aliphatic carbocycles. The van der Waals surface area contributed by atoms with Crippen molar-refractivity contribution in [1.29, 1.82) is 0 Å². The number of carboxylic acids is 1. The van der Waals surface area contributed by atoms with Crippen LogP contribution in [0.4, 0.5) is 4.79 Å². The Kier molecular flexibility index (Phi) is 4.49. The number of urea groups is 1. The zero-order valence-electron chi connectivity index (χ0n) is 12.0. The number of β-amino-alcohol motifs (C(OH)–C–C–N with tert-alkyl or cyclic N) is 1. The summed E-state index contributed by atoms with van der Waals surface area (Å²) >= 11 is 0. The van der Waals surface area contributed by atoms with Crippen molar-refractivity contribution in [2.45, 2.75) is 38.0 Å². The van der Waals surface area contributed by atoms with Crippen LogP contribution in [0.1, 0.15) is 19.8 Å². The molecule has 20 heavy (non-hydrogen) atoms. The maximum absolute atomic E-state index is 12.2. The number of nitrogens with one attached hydrogen (secondary N) is 1. The highest BCUT2D eigenvalue weighted by Crippen LogP contribution is 2.20. The second kappa shape index (κ2) is 5.97.